The van der Waals surface area contributed by atoms with Gasteiger partial charge < -0.3 is 14.8 Å². The van der Waals surface area contributed by atoms with Gasteiger partial charge in [0.2, 0.25) is 5.91 Å². The number of methoxy groups -OCH3 is 2. The predicted molar refractivity (Wildman–Crippen MR) is 167 cm³/mol. The first-order chi connectivity index (χ1) is 20.3. The molecule has 43 heavy (non-hydrogen) atoms. The molecule has 0 spiro atoms. The summed E-state index contributed by atoms with van der Waals surface area (Å²) in [6.45, 7) is 3.02. The number of carbonyl (C=O) groups excluding carboxylic acids is 1. The van der Waals surface area contributed by atoms with Crippen LogP contribution < -0.4 is 23.8 Å². The maximum atomic E-state index is 13.8. The van der Waals surface area contributed by atoms with Gasteiger partial charge in [-0.15, -0.1) is 0 Å². The molecule has 4 aromatic carbocycles. The van der Waals surface area contributed by atoms with Gasteiger partial charge in [0.25, 0.3) is 20.0 Å². The number of benzene rings is 4. The number of carbonyl (C=O) groups is 1. The summed E-state index contributed by atoms with van der Waals surface area (Å²) in [6, 6.07) is 21.1. The van der Waals surface area contributed by atoms with Gasteiger partial charge in [0.1, 0.15) is 6.54 Å². The molecule has 0 saturated heterocycles. The first-order valence-corrected chi connectivity index (χ1v) is 16.1. The Morgan fingerprint density at radius 3 is 1.95 bits per heavy atom. The van der Waals surface area contributed by atoms with Crippen LogP contribution in [0.3, 0.4) is 0 Å². The van der Waals surface area contributed by atoms with Crippen LogP contribution in [-0.2, 0) is 24.8 Å². The number of sulfonamides is 2. The maximum absolute atomic E-state index is 13.8. The van der Waals surface area contributed by atoms with Crippen molar-refractivity contribution in [3.8, 4) is 11.5 Å². The molecule has 0 unspecified atom stereocenters. The molecule has 4 rings (SSSR count). The first kappa shape index (κ1) is 31.7. The van der Waals surface area contributed by atoms with Gasteiger partial charge in [0.15, 0.2) is 11.5 Å². The molecule has 0 aliphatic heterocycles. The third kappa shape index (κ3) is 7.22. The molecule has 13 heteroatoms. The summed E-state index contributed by atoms with van der Waals surface area (Å²) in [6.07, 6.45) is 0. The number of aryl methyl sites for hydroxylation is 2. The lowest BCUT2D eigenvalue weighted by atomic mass is 10.1. The van der Waals surface area contributed by atoms with E-state index in [9.17, 15) is 21.6 Å². The van der Waals surface area contributed by atoms with Crippen molar-refractivity contribution < 1.29 is 31.1 Å². The van der Waals surface area contributed by atoms with Crippen LogP contribution in [0, 0.1) is 13.8 Å². The minimum absolute atomic E-state index is 0.00743. The number of amides is 1. The van der Waals surface area contributed by atoms with Crippen LogP contribution in [0.1, 0.15) is 11.1 Å². The average molecular weight is 644 g/mol. The van der Waals surface area contributed by atoms with Gasteiger partial charge in [0.05, 0.1) is 35.4 Å². The Morgan fingerprint density at radius 2 is 1.37 bits per heavy atom. The molecule has 0 saturated carbocycles. The van der Waals surface area contributed by atoms with Crippen molar-refractivity contribution in [3.63, 3.8) is 0 Å². The van der Waals surface area contributed by atoms with Crippen molar-refractivity contribution >= 4 is 54.6 Å². The van der Waals surface area contributed by atoms with E-state index >= 15 is 0 Å². The summed E-state index contributed by atoms with van der Waals surface area (Å²) in [5, 5.41) is 3.02. The lowest BCUT2D eigenvalue weighted by Gasteiger charge is -2.24. The molecule has 0 heterocycles. The maximum Gasteiger partial charge on any atom is 0.264 e. The fraction of sp³-hybridized carbons (Fsp3) is 0.167. The molecule has 0 aliphatic rings. The Balaban J connectivity index is 1.57. The van der Waals surface area contributed by atoms with Crippen molar-refractivity contribution in [1.82, 2.24) is 0 Å². The van der Waals surface area contributed by atoms with Gasteiger partial charge in [-0.05, 0) is 85.6 Å². The van der Waals surface area contributed by atoms with E-state index in [1.165, 1.54) is 80.9 Å². The van der Waals surface area contributed by atoms with Gasteiger partial charge in [-0.25, -0.2) is 16.8 Å². The summed E-state index contributed by atoms with van der Waals surface area (Å²) in [5.74, 6) is -0.124. The topological polar surface area (TPSA) is 131 Å². The quantitative estimate of drug-likeness (QED) is 0.217. The van der Waals surface area contributed by atoms with Crippen LogP contribution in [0.4, 0.5) is 17.1 Å². The highest BCUT2D eigenvalue weighted by Crippen LogP contribution is 2.32. The largest absolute Gasteiger partial charge is 0.493 e. The number of hydrogen-bond acceptors (Lipinski definition) is 7. The molecule has 0 atom stereocenters. The van der Waals surface area contributed by atoms with Crippen molar-refractivity contribution in [2.24, 2.45) is 0 Å². The molecular formula is C30H30ClN3O7S2. The summed E-state index contributed by atoms with van der Waals surface area (Å²) in [4.78, 5) is 13.0. The Kier molecular flexibility index (Phi) is 9.53. The zero-order chi connectivity index (χ0) is 31.4. The second-order valence-electron chi connectivity index (χ2n) is 9.45. The normalized spacial score (nSPS) is 11.5. The van der Waals surface area contributed by atoms with Crippen LogP contribution in [0.25, 0.3) is 0 Å². The van der Waals surface area contributed by atoms with Crippen molar-refractivity contribution in [2.45, 2.75) is 23.6 Å². The Morgan fingerprint density at radius 1 is 0.791 bits per heavy atom. The molecule has 4 aromatic rings. The average Bonchev–Trinajstić information content (AvgIpc) is 2.98. The molecule has 2 N–H and O–H groups in total. The third-order valence-corrected chi connectivity index (χ3v) is 9.90. The smallest absolute Gasteiger partial charge is 0.264 e. The van der Waals surface area contributed by atoms with E-state index in [-0.39, 0.29) is 26.9 Å². The lowest BCUT2D eigenvalue weighted by Crippen LogP contribution is -2.38. The number of ether oxygens (including phenoxy) is 2. The number of halogens is 1. The minimum atomic E-state index is -4.27. The first-order valence-electron chi connectivity index (χ1n) is 12.8. The van der Waals surface area contributed by atoms with Crippen molar-refractivity contribution in [3.05, 3.63) is 101 Å². The molecular weight excluding hydrogens is 614 g/mol. The van der Waals surface area contributed by atoms with Gasteiger partial charge in [0, 0.05) is 16.8 Å². The van der Waals surface area contributed by atoms with E-state index in [0.29, 0.717) is 16.5 Å². The molecule has 0 radical (unpaired) electrons. The van der Waals surface area contributed by atoms with E-state index in [2.05, 4.69) is 10.0 Å². The zero-order valence-electron chi connectivity index (χ0n) is 23.8. The van der Waals surface area contributed by atoms with Crippen LogP contribution in [0.15, 0.2) is 94.7 Å². The van der Waals surface area contributed by atoms with Gasteiger partial charge in [-0.2, -0.15) is 0 Å². The van der Waals surface area contributed by atoms with Crippen LogP contribution >= 0.6 is 11.6 Å². The highest BCUT2D eigenvalue weighted by atomic mass is 35.5. The number of nitrogens with one attached hydrogen (secondary N) is 2. The monoisotopic (exact) mass is 643 g/mol. The lowest BCUT2D eigenvalue weighted by molar-refractivity contribution is -0.114. The summed E-state index contributed by atoms with van der Waals surface area (Å²) in [5.41, 5.74) is 2.53. The van der Waals surface area contributed by atoms with E-state index < -0.39 is 32.5 Å². The van der Waals surface area contributed by atoms with Crippen LogP contribution in [0.2, 0.25) is 5.02 Å². The van der Waals surface area contributed by atoms with Crippen LogP contribution in [0.5, 0.6) is 11.5 Å². The van der Waals surface area contributed by atoms with Crippen LogP contribution in [-0.4, -0.2) is 43.5 Å². The predicted octanol–water partition coefficient (Wildman–Crippen LogP) is 5.61. The molecule has 0 bridgehead atoms. The van der Waals surface area contributed by atoms with E-state index in [1.54, 1.807) is 0 Å². The standard InChI is InChI=1S/C30H30ClN3O7S2/c1-20-6-5-7-21(2)30(20)33-42(36,37)25-14-10-23(11-15-25)32-29(35)19-34(24-12-8-22(31)9-13-24)43(38,39)26-16-17-27(40-3)28(18-26)41-4/h5-18,33H,19H2,1-4H3,(H,32,35). The van der Waals surface area contributed by atoms with Gasteiger partial charge in [-0.1, -0.05) is 29.8 Å². The number of para-hydroxylation sites is 1. The highest BCUT2D eigenvalue weighted by Gasteiger charge is 2.28. The number of rotatable bonds is 11. The Labute approximate surface area is 256 Å². The Hall–Kier alpha value is -4.26. The second-order valence-corrected chi connectivity index (χ2v) is 13.4. The molecule has 10 nitrogen and oxygen atoms in total. The SMILES string of the molecule is COc1ccc(S(=O)(=O)N(CC(=O)Nc2ccc(S(=O)(=O)Nc3c(C)cccc3C)cc2)c2ccc(Cl)cc2)cc1OC. The molecule has 1 amide bonds. The van der Waals surface area contributed by atoms with E-state index in [1.807, 2.05) is 32.0 Å². The van der Waals surface area contributed by atoms with Crippen molar-refractivity contribution in [2.75, 3.05) is 35.1 Å². The number of hydrogen-bond donors (Lipinski definition) is 2. The molecule has 0 fully saturated rings. The zero-order valence-corrected chi connectivity index (χ0v) is 26.2. The molecule has 226 valence electrons. The fourth-order valence-electron chi connectivity index (χ4n) is 4.24. The van der Waals surface area contributed by atoms with E-state index in [0.717, 1.165) is 15.4 Å². The summed E-state index contributed by atoms with van der Waals surface area (Å²) < 4.78 is 67.6. The second kappa shape index (κ2) is 12.9. The molecule has 0 aliphatic carbocycles. The van der Waals surface area contributed by atoms with Crippen molar-refractivity contribution in [1.29, 1.82) is 0 Å². The minimum Gasteiger partial charge on any atom is -0.493 e. The summed E-state index contributed by atoms with van der Waals surface area (Å²) >= 11 is 6.01. The number of nitrogens with zero attached hydrogens (tertiary/aromatic N) is 1. The highest BCUT2D eigenvalue weighted by molar-refractivity contribution is 7.93. The fourth-order valence-corrected chi connectivity index (χ4v) is 7.01. The molecule has 0 aromatic heterocycles. The van der Waals surface area contributed by atoms with Gasteiger partial charge in [-0.3, -0.25) is 13.8 Å². The third-order valence-electron chi connectivity index (χ3n) is 6.51. The summed E-state index contributed by atoms with van der Waals surface area (Å²) in [7, 11) is -5.36. The Bertz CT molecular complexity index is 1830. The van der Waals surface area contributed by atoms with E-state index in [4.69, 9.17) is 21.1 Å². The van der Waals surface area contributed by atoms with Gasteiger partial charge >= 0.3 is 0 Å². The number of anilines is 3.